The molecule has 0 saturated carbocycles. The van der Waals surface area contributed by atoms with Crippen molar-refractivity contribution in [1.29, 1.82) is 0 Å². The van der Waals surface area contributed by atoms with Gasteiger partial charge in [0.1, 0.15) is 5.60 Å². The van der Waals surface area contributed by atoms with Crippen molar-refractivity contribution in [2.75, 3.05) is 6.54 Å². The number of hydrogen-bond acceptors (Lipinski definition) is 2. The van der Waals surface area contributed by atoms with Crippen LogP contribution >= 0.6 is 0 Å². The Kier molecular flexibility index (Phi) is 4.51. The van der Waals surface area contributed by atoms with Crippen LogP contribution in [0.25, 0.3) is 0 Å². The van der Waals surface area contributed by atoms with Crippen molar-refractivity contribution in [3.05, 3.63) is 35.4 Å². The zero-order valence-corrected chi connectivity index (χ0v) is 10.5. The Labute approximate surface area is 98.5 Å². The lowest BCUT2D eigenvalue weighted by molar-refractivity contribution is 0.0359. The van der Waals surface area contributed by atoms with Crippen molar-refractivity contribution in [2.24, 2.45) is 5.73 Å². The second-order valence-electron chi connectivity index (χ2n) is 4.76. The lowest BCUT2D eigenvalue weighted by Crippen LogP contribution is -2.34. The number of nitrogens with two attached hydrogens (primary N) is 1. The van der Waals surface area contributed by atoms with Crippen LogP contribution in [0.1, 0.15) is 50.7 Å². The van der Waals surface area contributed by atoms with E-state index in [1.165, 1.54) is 5.56 Å². The minimum atomic E-state index is -0.857. The summed E-state index contributed by atoms with van der Waals surface area (Å²) in [5, 5.41) is 10.4. The standard InChI is InChI=1S/C14H23NO/c1-4-9-14(16,10-15)13-7-5-12(6-8-13)11(2)3/h5-8,11,16H,4,9-10,15H2,1-3H3. The molecule has 16 heavy (non-hydrogen) atoms. The van der Waals surface area contributed by atoms with E-state index >= 15 is 0 Å². The molecule has 1 aromatic rings. The highest BCUT2D eigenvalue weighted by Crippen LogP contribution is 2.26. The van der Waals surface area contributed by atoms with Gasteiger partial charge >= 0.3 is 0 Å². The second-order valence-corrected chi connectivity index (χ2v) is 4.76. The summed E-state index contributed by atoms with van der Waals surface area (Å²) >= 11 is 0. The SMILES string of the molecule is CCCC(O)(CN)c1ccc(C(C)C)cc1. The van der Waals surface area contributed by atoms with Gasteiger partial charge in [0, 0.05) is 6.54 Å². The topological polar surface area (TPSA) is 46.2 Å². The van der Waals surface area contributed by atoms with E-state index < -0.39 is 5.60 Å². The summed E-state index contributed by atoms with van der Waals surface area (Å²) < 4.78 is 0. The number of rotatable bonds is 5. The Hall–Kier alpha value is -0.860. The molecule has 1 aromatic carbocycles. The monoisotopic (exact) mass is 221 g/mol. The average molecular weight is 221 g/mol. The van der Waals surface area contributed by atoms with Crippen LogP contribution in [0, 0.1) is 0 Å². The fraction of sp³-hybridized carbons (Fsp3) is 0.571. The molecule has 0 fully saturated rings. The molecule has 0 aromatic heterocycles. The molecule has 90 valence electrons. The van der Waals surface area contributed by atoms with Crippen molar-refractivity contribution in [3.8, 4) is 0 Å². The van der Waals surface area contributed by atoms with Gasteiger partial charge in [0.25, 0.3) is 0 Å². The highest BCUT2D eigenvalue weighted by atomic mass is 16.3. The Morgan fingerprint density at radius 3 is 2.19 bits per heavy atom. The van der Waals surface area contributed by atoms with Gasteiger partial charge in [0.15, 0.2) is 0 Å². The molecular formula is C14H23NO. The van der Waals surface area contributed by atoms with Crippen LogP contribution in [0.4, 0.5) is 0 Å². The summed E-state index contributed by atoms with van der Waals surface area (Å²) in [5.41, 5.74) is 7.04. The Morgan fingerprint density at radius 2 is 1.81 bits per heavy atom. The maximum absolute atomic E-state index is 10.4. The molecule has 2 nitrogen and oxygen atoms in total. The van der Waals surface area contributed by atoms with Crippen LogP contribution in [-0.2, 0) is 5.60 Å². The van der Waals surface area contributed by atoms with E-state index in [4.69, 9.17) is 5.73 Å². The van der Waals surface area contributed by atoms with Crippen molar-refractivity contribution < 1.29 is 5.11 Å². The molecule has 2 heteroatoms. The summed E-state index contributed by atoms with van der Waals surface area (Å²) in [5.74, 6) is 0.520. The third-order valence-corrected chi connectivity index (χ3v) is 3.12. The second kappa shape index (κ2) is 5.46. The van der Waals surface area contributed by atoms with Gasteiger partial charge in [-0.3, -0.25) is 0 Å². The Balaban J connectivity index is 2.94. The van der Waals surface area contributed by atoms with Gasteiger partial charge in [-0.25, -0.2) is 0 Å². The van der Waals surface area contributed by atoms with Gasteiger partial charge < -0.3 is 10.8 Å². The molecule has 0 aliphatic rings. The first kappa shape index (κ1) is 13.2. The van der Waals surface area contributed by atoms with E-state index in [0.717, 1.165) is 12.0 Å². The predicted octanol–water partition coefficient (Wildman–Crippen LogP) is 2.76. The van der Waals surface area contributed by atoms with Gasteiger partial charge in [-0.1, -0.05) is 51.5 Å². The zero-order valence-electron chi connectivity index (χ0n) is 10.5. The molecule has 0 saturated heterocycles. The van der Waals surface area contributed by atoms with Gasteiger partial charge in [-0.2, -0.15) is 0 Å². The summed E-state index contributed by atoms with van der Waals surface area (Å²) in [6.07, 6.45) is 1.64. The highest BCUT2D eigenvalue weighted by Gasteiger charge is 2.26. The van der Waals surface area contributed by atoms with Crippen molar-refractivity contribution in [2.45, 2.75) is 45.1 Å². The van der Waals surface area contributed by atoms with Crippen LogP contribution in [0.3, 0.4) is 0 Å². The van der Waals surface area contributed by atoms with E-state index in [1.54, 1.807) is 0 Å². The number of benzene rings is 1. The average Bonchev–Trinajstić information content (AvgIpc) is 2.29. The van der Waals surface area contributed by atoms with Gasteiger partial charge in [-0.15, -0.1) is 0 Å². The van der Waals surface area contributed by atoms with Gasteiger partial charge in [-0.05, 0) is 23.5 Å². The summed E-state index contributed by atoms with van der Waals surface area (Å²) in [4.78, 5) is 0. The molecule has 0 aliphatic heterocycles. The van der Waals surface area contributed by atoms with E-state index in [0.29, 0.717) is 12.3 Å². The molecule has 0 aliphatic carbocycles. The third-order valence-electron chi connectivity index (χ3n) is 3.12. The molecule has 0 radical (unpaired) electrons. The van der Waals surface area contributed by atoms with Crippen LogP contribution in [-0.4, -0.2) is 11.7 Å². The molecule has 1 atom stereocenters. The quantitative estimate of drug-likeness (QED) is 0.803. The lowest BCUT2D eigenvalue weighted by Gasteiger charge is -2.27. The third kappa shape index (κ3) is 2.83. The van der Waals surface area contributed by atoms with Crippen molar-refractivity contribution >= 4 is 0 Å². The largest absolute Gasteiger partial charge is 0.384 e. The number of aliphatic hydroxyl groups is 1. The zero-order chi connectivity index (χ0) is 12.2. The van der Waals surface area contributed by atoms with E-state index in [-0.39, 0.29) is 6.54 Å². The molecular weight excluding hydrogens is 198 g/mol. The normalized spacial score (nSPS) is 15.1. The molecule has 0 amide bonds. The van der Waals surface area contributed by atoms with E-state index in [9.17, 15) is 5.11 Å². The molecule has 1 unspecified atom stereocenters. The first-order valence-corrected chi connectivity index (χ1v) is 6.06. The molecule has 3 N–H and O–H groups in total. The molecule has 0 bridgehead atoms. The van der Waals surface area contributed by atoms with Crippen LogP contribution in [0.2, 0.25) is 0 Å². The molecule has 0 heterocycles. The van der Waals surface area contributed by atoms with E-state index in [1.807, 2.05) is 12.1 Å². The smallest absolute Gasteiger partial charge is 0.102 e. The minimum Gasteiger partial charge on any atom is -0.384 e. The van der Waals surface area contributed by atoms with Crippen LogP contribution < -0.4 is 5.73 Å². The van der Waals surface area contributed by atoms with E-state index in [2.05, 4.69) is 32.9 Å². The fourth-order valence-electron chi connectivity index (χ4n) is 1.96. The van der Waals surface area contributed by atoms with Crippen molar-refractivity contribution in [3.63, 3.8) is 0 Å². The fourth-order valence-corrected chi connectivity index (χ4v) is 1.96. The molecule has 0 spiro atoms. The predicted molar refractivity (Wildman–Crippen MR) is 68.4 cm³/mol. The molecule has 1 rings (SSSR count). The van der Waals surface area contributed by atoms with Crippen molar-refractivity contribution in [1.82, 2.24) is 0 Å². The maximum Gasteiger partial charge on any atom is 0.102 e. The van der Waals surface area contributed by atoms with Crippen LogP contribution in [0.5, 0.6) is 0 Å². The van der Waals surface area contributed by atoms with Crippen LogP contribution in [0.15, 0.2) is 24.3 Å². The van der Waals surface area contributed by atoms with Gasteiger partial charge in [0.2, 0.25) is 0 Å². The number of hydrogen-bond donors (Lipinski definition) is 2. The summed E-state index contributed by atoms with van der Waals surface area (Å²) in [6, 6.07) is 8.16. The summed E-state index contributed by atoms with van der Waals surface area (Å²) in [6.45, 7) is 6.66. The minimum absolute atomic E-state index is 0.280. The first-order chi connectivity index (χ1) is 7.53. The first-order valence-electron chi connectivity index (χ1n) is 6.06. The highest BCUT2D eigenvalue weighted by molar-refractivity contribution is 5.29. The lowest BCUT2D eigenvalue weighted by atomic mass is 9.88. The Bertz CT molecular complexity index is 318. The summed E-state index contributed by atoms with van der Waals surface area (Å²) in [7, 11) is 0. The van der Waals surface area contributed by atoms with Gasteiger partial charge in [0.05, 0.1) is 0 Å². The Morgan fingerprint density at radius 1 is 1.25 bits per heavy atom. The maximum atomic E-state index is 10.4.